The van der Waals surface area contributed by atoms with Gasteiger partial charge in [0.25, 0.3) is 0 Å². The van der Waals surface area contributed by atoms with Gasteiger partial charge in [-0.1, -0.05) is 11.6 Å². The molecule has 0 amide bonds. The van der Waals surface area contributed by atoms with Crippen molar-refractivity contribution in [2.75, 3.05) is 19.8 Å². The third-order valence-electron chi connectivity index (χ3n) is 1.82. The van der Waals surface area contributed by atoms with E-state index in [4.69, 9.17) is 21.1 Å². The normalized spacial score (nSPS) is 22.3. The van der Waals surface area contributed by atoms with E-state index in [0.29, 0.717) is 30.8 Å². The second-order valence-electron chi connectivity index (χ2n) is 2.80. The number of halogens is 2. The molecule has 2 rings (SSSR count). The summed E-state index contributed by atoms with van der Waals surface area (Å²) in [5, 5.41) is 0.463. The van der Waals surface area contributed by atoms with Gasteiger partial charge >= 0.3 is 0 Å². The molecule has 4 nitrogen and oxygen atoms in total. The zero-order valence-electron chi connectivity index (χ0n) is 7.24. The molecule has 0 aromatic carbocycles. The quantitative estimate of drug-likeness (QED) is 0.583. The van der Waals surface area contributed by atoms with Crippen molar-refractivity contribution < 1.29 is 9.47 Å². The van der Waals surface area contributed by atoms with Crippen molar-refractivity contribution in [1.29, 1.82) is 0 Å². The average Bonchev–Trinajstić information content (AvgIpc) is 2.23. The Labute approximate surface area is 100 Å². The average molecular weight is 327 g/mol. The monoisotopic (exact) mass is 326 g/mol. The lowest BCUT2D eigenvalue weighted by Crippen LogP contribution is -2.23. The molecule has 76 valence electrons. The van der Waals surface area contributed by atoms with Crippen molar-refractivity contribution in [1.82, 2.24) is 9.97 Å². The van der Waals surface area contributed by atoms with Gasteiger partial charge in [-0.05, 0) is 22.6 Å². The van der Waals surface area contributed by atoms with Crippen LogP contribution < -0.4 is 0 Å². The fourth-order valence-corrected chi connectivity index (χ4v) is 1.55. The lowest BCUT2D eigenvalue weighted by Gasteiger charge is -2.21. The fourth-order valence-electron chi connectivity index (χ4n) is 1.15. The highest BCUT2D eigenvalue weighted by Gasteiger charge is 2.19. The number of rotatable bonds is 1. The summed E-state index contributed by atoms with van der Waals surface area (Å²) in [6, 6.07) is 0. The molecular weight excluding hydrogens is 318 g/mol. The van der Waals surface area contributed by atoms with Gasteiger partial charge in [0.2, 0.25) is 0 Å². The van der Waals surface area contributed by atoms with Crippen LogP contribution in [0.25, 0.3) is 0 Å². The van der Waals surface area contributed by atoms with Crippen molar-refractivity contribution in [2.45, 2.75) is 6.10 Å². The predicted molar refractivity (Wildman–Crippen MR) is 59.3 cm³/mol. The zero-order chi connectivity index (χ0) is 9.97. The van der Waals surface area contributed by atoms with Gasteiger partial charge in [0.05, 0.1) is 23.4 Å². The molecular formula is C8H8ClIN2O2. The Morgan fingerprint density at radius 3 is 3.00 bits per heavy atom. The standard InChI is InChI=1S/C8H8ClIN2O2/c9-7-5(10)3-11-8(12-7)6-4-13-1-2-14-6/h3,6H,1-2,4H2. The molecule has 1 saturated heterocycles. The molecule has 0 spiro atoms. The van der Waals surface area contributed by atoms with Gasteiger partial charge < -0.3 is 9.47 Å². The molecule has 1 fully saturated rings. The van der Waals surface area contributed by atoms with Gasteiger partial charge in [0.15, 0.2) is 5.82 Å². The summed E-state index contributed by atoms with van der Waals surface area (Å²) in [5.74, 6) is 0.593. The summed E-state index contributed by atoms with van der Waals surface area (Å²) in [4.78, 5) is 8.29. The minimum Gasteiger partial charge on any atom is -0.376 e. The second kappa shape index (κ2) is 4.69. The third-order valence-corrected chi connectivity index (χ3v) is 3.22. The molecule has 1 atom stereocenters. The Morgan fingerprint density at radius 2 is 2.36 bits per heavy atom. The van der Waals surface area contributed by atoms with E-state index in [1.54, 1.807) is 6.20 Å². The molecule has 0 N–H and O–H groups in total. The van der Waals surface area contributed by atoms with E-state index < -0.39 is 0 Å². The van der Waals surface area contributed by atoms with Crippen LogP contribution in [0.3, 0.4) is 0 Å². The molecule has 0 bridgehead atoms. The van der Waals surface area contributed by atoms with Crippen molar-refractivity contribution in [2.24, 2.45) is 0 Å². The Kier molecular flexibility index (Phi) is 3.53. The Hall–Kier alpha value is 0.0200. The Bertz CT molecular complexity index is 331. The van der Waals surface area contributed by atoms with Gasteiger partial charge in [-0.3, -0.25) is 0 Å². The number of hydrogen-bond acceptors (Lipinski definition) is 4. The molecule has 1 aromatic rings. The number of ether oxygens (including phenoxy) is 2. The lowest BCUT2D eigenvalue weighted by atomic mass is 10.3. The summed E-state index contributed by atoms with van der Waals surface area (Å²) < 4.78 is 11.5. The SMILES string of the molecule is Clc1nc(C2COCCO2)ncc1I. The van der Waals surface area contributed by atoms with Crippen LogP contribution in [0.2, 0.25) is 5.15 Å². The van der Waals surface area contributed by atoms with Gasteiger partial charge in [-0.15, -0.1) is 0 Å². The fraction of sp³-hybridized carbons (Fsp3) is 0.500. The van der Waals surface area contributed by atoms with Crippen LogP contribution in [0.15, 0.2) is 6.20 Å². The molecule has 6 heteroatoms. The van der Waals surface area contributed by atoms with Crippen LogP contribution in [0.1, 0.15) is 11.9 Å². The highest BCUT2D eigenvalue weighted by molar-refractivity contribution is 14.1. The molecule has 0 radical (unpaired) electrons. The van der Waals surface area contributed by atoms with E-state index in [1.807, 2.05) is 0 Å². The van der Waals surface area contributed by atoms with Crippen molar-refractivity contribution in [3.63, 3.8) is 0 Å². The molecule has 1 unspecified atom stereocenters. The van der Waals surface area contributed by atoms with E-state index in [-0.39, 0.29) is 6.10 Å². The lowest BCUT2D eigenvalue weighted by molar-refractivity contribution is -0.0935. The maximum atomic E-state index is 5.88. The molecule has 2 heterocycles. The zero-order valence-corrected chi connectivity index (χ0v) is 10.2. The first kappa shape index (κ1) is 10.5. The van der Waals surface area contributed by atoms with E-state index in [1.165, 1.54) is 0 Å². The largest absolute Gasteiger partial charge is 0.376 e. The molecule has 1 aromatic heterocycles. The molecule has 1 aliphatic heterocycles. The van der Waals surface area contributed by atoms with Gasteiger partial charge in [0, 0.05) is 6.20 Å². The van der Waals surface area contributed by atoms with Crippen LogP contribution in [0.5, 0.6) is 0 Å². The smallest absolute Gasteiger partial charge is 0.161 e. The van der Waals surface area contributed by atoms with Crippen LogP contribution in [-0.2, 0) is 9.47 Å². The summed E-state index contributed by atoms with van der Waals surface area (Å²) in [6.45, 7) is 1.71. The Morgan fingerprint density at radius 1 is 1.50 bits per heavy atom. The van der Waals surface area contributed by atoms with Crippen LogP contribution >= 0.6 is 34.2 Å². The summed E-state index contributed by atoms with van der Waals surface area (Å²) in [6.07, 6.45) is 1.50. The van der Waals surface area contributed by atoms with E-state index in [0.717, 1.165) is 3.57 Å². The number of nitrogens with zero attached hydrogens (tertiary/aromatic N) is 2. The summed E-state index contributed by atoms with van der Waals surface area (Å²) >= 11 is 7.96. The minimum absolute atomic E-state index is 0.182. The molecule has 1 aliphatic rings. The van der Waals surface area contributed by atoms with Crippen molar-refractivity contribution in [3.8, 4) is 0 Å². The van der Waals surface area contributed by atoms with Crippen molar-refractivity contribution in [3.05, 3.63) is 20.7 Å². The van der Waals surface area contributed by atoms with E-state index in [2.05, 4.69) is 32.6 Å². The van der Waals surface area contributed by atoms with Gasteiger partial charge in [-0.2, -0.15) is 0 Å². The maximum absolute atomic E-state index is 5.88. The molecule has 14 heavy (non-hydrogen) atoms. The highest BCUT2D eigenvalue weighted by atomic mass is 127. The van der Waals surface area contributed by atoms with E-state index in [9.17, 15) is 0 Å². The molecule has 0 aliphatic carbocycles. The minimum atomic E-state index is -0.182. The topological polar surface area (TPSA) is 44.2 Å². The van der Waals surface area contributed by atoms with Crippen LogP contribution in [-0.4, -0.2) is 29.8 Å². The predicted octanol–water partition coefficient (Wildman–Crippen LogP) is 1.82. The summed E-state index contributed by atoms with van der Waals surface area (Å²) in [7, 11) is 0. The van der Waals surface area contributed by atoms with E-state index >= 15 is 0 Å². The molecule has 0 saturated carbocycles. The van der Waals surface area contributed by atoms with Crippen molar-refractivity contribution >= 4 is 34.2 Å². The van der Waals surface area contributed by atoms with Crippen LogP contribution in [0, 0.1) is 3.57 Å². The first-order chi connectivity index (χ1) is 6.77. The van der Waals surface area contributed by atoms with Gasteiger partial charge in [0.1, 0.15) is 11.3 Å². The highest BCUT2D eigenvalue weighted by Crippen LogP contribution is 2.20. The summed E-state index contributed by atoms with van der Waals surface area (Å²) in [5.41, 5.74) is 0. The van der Waals surface area contributed by atoms with Crippen LogP contribution in [0.4, 0.5) is 0 Å². The third kappa shape index (κ3) is 2.33. The Balaban J connectivity index is 2.18. The second-order valence-corrected chi connectivity index (χ2v) is 4.32. The number of aromatic nitrogens is 2. The van der Waals surface area contributed by atoms with Gasteiger partial charge in [-0.25, -0.2) is 9.97 Å². The number of hydrogen-bond donors (Lipinski definition) is 0. The first-order valence-corrected chi connectivity index (χ1v) is 5.60. The first-order valence-electron chi connectivity index (χ1n) is 4.14. The maximum Gasteiger partial charge on any atom is 0.161 e.